The molecule has 6 aromatic carbocycles. The van der Waals surface area contributed by atoms with Crippen molar-refractivity contribution < 1.29 is 4.74 Å². The van der Waals surface area contributed by atoms with E-state index in [1.807, 2.05) is 36.7 Å². The minimum atomic E-state index is -0.434. The van der Waals surface area contributed by atoms with Crippen LogP contribution in [-0.4, -0.2) is 13.1 Å². The summed E-state index contributed by atoms with van der Waals surface area (Å²) in [7, 11) is 0. The van der Waals surface area contributed by atoms with Gasteiger partial charge in [0.25, 0.3) is 0 Å². The van der Waals surface area contributed by atoms with Crippen LogP contribution < -0.4 is 27.0 Å². The average Bonchev–Trinajstić information content (AvgIpc) is 3.56. The third kappa shape index (κ3) is 5.87. The molecule has 0 amide bonds. The van der Waals surface area contributed by atoms with Gasteiger partial charge in [-0.3, -0.25) is 10.6 Å². The van der Waals surface area contributed by atoms with Gasteiger partial charge in [-0.05, 0) is 85.5 Å². The molecule has 0 saturated carbocycles. The first kappa shape index (κ1) is 34.1. The molecule has 2 unspecified atom stereocenters. The lowest BCUT2D eigenvalue weighted by molar-refractivity contribution is 0.290. The molecule has 0 radical (unpaired) electrons. The number of ether oxygens (including phenoxy) is 1. The monoisotopic (exact) mass is 729 g/mol. The van der Waals surface area contributed by atoms with Gasteiger partial charge in [-0.2, -0.15) is 0 Å². The number of nitrogens with two attached hydrogens (primary N) is 1. The van der Waals surface area contributed by atoms with E-state index in [9.17, 15) is 0 Å². The van der Waals surface area contributed by atoms with Crippen LogP contribution in [0.1, 0.15) is 40.1 Å². The van der Waals surface area contributed by atoms with Gasteiger partial charge < -0.3 is 21.1 Å². The number of benzene rings is 6. The first-order valence-corrected chi connectivity index (χ1v) is 19.4. The second kappa shape index (κ2) is 14.3. The molecule has 10 rings (SSSR count). The highest BCUT2D eigenvalue weighted by Gasteiger charge is 2.53. The van der Waals surface area contributed by atoms with Crippen molar-refractivity contribution >= 4 is 0 Å². The van der Waals surface area contributed by atoms with E-state index in [4.69, 9.17) is 10.5 Å². The fourth-order valence-electron chi connectivity index (χ4n) is 8.99. The number of nitrogens with one attached hydrogen (secondary N) is 4. The fraction of sp³-hybridized carbons (Fsp3) is 0.120. The van der Waals surface area contributed by atoms with Crippen LogP contribution in [0.3, 0.4) is 0 Å². The average molecular weight is 730 g/mol. The van der Waals surface area contributed by atoms with Gasteiger partial charge in [-0.1, -0.05) is 140 Å². The summed E-state index contributed by atoms with van der Waals surface area (Å²) in [6, 6.07) is 54.3. The molecule has 0 saturated heterocycles. The van der Waals surface area contributed by atoms with Crippen LogP contribution in [0.5, 0.6) is 0 Å². The molecule has 274 valence electrons. The highest BCUT2D eigenvalue weighted by atomic mass is 16.5. The summed E-state index contributed by atoms with van der Waals surface area (Å²) in [4.78, 5) is 0. The summed E-state index contributed by atoms with van der Waals surface area (Å²) in [5, 5.41) is 14.3. The minimum Gasteiger partial charge on any atom is -0.457 e. The lowest BCUT2D eigenvalue weighted by Crippen LogP contribution is -2.43. The Kier molecular flexibility index (Phi) is 8.72. The molecule has 3 heterocycles. The molecule has 0 aromatic heterocycles. The zero-order valence-corrected chi connectivity index (χ0v) is 31.0. The summed E-state index contributed by atoms with van der Waals surface area (Å²) in [5.74, 6) is 1.87. The van der Waals surface area contributed by atoms with E-state index in [0.717, 1.165) is 35.7 Å². The molecule has 6 nitrogen and oxygen atoms in total. The Labute approximate surface area is 328 Å². The van der Waals surface area contributed by atoms with Crippen LogP contribution in [0.4, 0.5) is 0 Å². The van der Waals surface area contributed by atoms with E-state index < -0.39 is 5.41 Å². The quantitative estimate of drug-likeness (QED) is 0.0956. The van der Waals surface area contributed by atoms with Crippen LogP contribution in [0, 0.1) is 0 Å². The number of fused-ring (bicyclic) bond motifs is 7. The van der Waals surface area contributed by atoms with Gasteiger partial charge >= 0.3 is 0 Å². The molecule has 1 spiro atoms. The standard InChI is InChI=1S/C50H43N5O/c51-48(36-11-3-1-4-12-36)55-49(37-13-5-2-6-14-37)54-30-33-10-9-15-38(28-33)34-18-20-35(21-19-34)39-22-23-41-40-16-7-8-17-42(40)50(43(41)29-39)44-31-52-26-24-46(44)56-47-25-27-53-32-45(47)50/h1-29,48-49,52-55H,30-32,51H2. The van der Waals surface area contributed by atoms with Crippen LogP contribution in [-0.2, 0) is 16.7 Å². The van der Waals surface area contributed by atoms with Crippen molar-refractivity contribution in [3.63, 3.8) is 0 Å². The summed E-state index contributed by atoms with van der Waals surface area (Å²) in [5.41, 5.74) is 22.0. The minimum absolute atomic E-state index is 0.128. The van der Waals surface area contributed by atoms with Crippen molar-refractivity contribution in [2.45, 2.75) is 24.3 Å². The largest absolute Gasteiger partial charge is 0.457 e. The predicted octanol–water partition coefficient (Wildman–Crippen LogP) is 9.09. The highest BCUT2D eigenvalue weighted by molar-refractivity contribution is 5.89. The molecule has 0 bridgehead atoms. The zero-order valence-electron chi connectivity index (χ0n) is 31.0. The Morgan fingerprint density at radius 3 is 1.86 bits per heavy atom. The normalized spacial score (nSPS) is 16.9. The van der Waals surface area contributed by atoms with Gasteiger partial charge in [-0.25, -0.2) is 0 Å². The van der Waals surface area contributed by atoms with Crippen molar-refractivity contribution in [1.29, 1.82) is 0 Å². The lowest BCUT2D eigenvalue weighted by atomic mass is 9.64. The summed E-state index contributed by atoms with van der Waals surface area (Å²) >= 11 is 0. The molecule has 2 atom stereocenters. The van der Waals surface area contributed by atoms with Crippen molar-refractivity contribution in [3.05, 3.63) is 227 Å². The topological polar surface area (TPSA) is 83.4 Å². The number of dihydropyridines is 2. The Morgan fingerprint density at radius 2 is 1.16 bits per heavy atom. The predicted molar refractivity (Wildman–Crippen MR) is 225 cm³/mol. The van der Waals surface area contributed by atoms with Gasteiger partial charge in [0.05, 0.1) is 17.7 Å². The molecule has 6 heteroatoms. The molecule has 4 aliphatic rings. The molecular formula is C50H43N5O. The SMILES string of the molecule is NC(NC(NCc1cccc(-c2ccc(-c3ccc4c(c3)C3(C5=C(C=CNC5)OC5=C3CNC=C5)c3ccccc3-4)cc2)c1)c1ccccc1)c1ccccc1. The summed E-state index contributed by atoms with van der Waals surface area (Å²) < 4.78 is 6.56. The number of allylic oxidation sites excluding steroid dienone is 2. The maximum atomic E-state index is 6.62. The van der Waals surface area contributed by atoms with Gasteiger partial charge in [0, 0.05) is 43.2 Å². The van der Waals surface area contributed by atoms with Gasteiger partial charge in [-0.15, -0.1) is 0 Å². The van der Waals surface area contributed by atoms with Crippen LogP contribution in [0.15, 0.2) is 199 Å². The molecule has 6 aromatic rings. The van der Waals surface area contributed by atoms with Crippen LogP contribution in [0.25, 0.3) is 33.4 Å². The van der Waals surface area contributed by atoms with Crippen LogP contribution >= 0.6 is 0 Å². The van der Waals surface area contributed by atoms with Crippen molar-refractivity contribution in [2.75, 3.05) is 13.1 Å². The molecule has 0 fully saturated rings. The number of rotatable bonds is 9. The Bertz CT molecular complexity index is 2510. The molecule has 56 heavy (non-hydrogen) atoms. The van der Waals surface area contributed by atoms with Crippen LogP contribution in [0.2, 0.25) is 0 Å². The fourth-order valence-corrected chi connectivity index (χ4v) is 8.99. The molecular weight excluding hydrogens is 687 g/mol. The van der Waals surface area contributed by atoms with Crippen molar-refractivity contribution in [2.24, 2.45) is 5.73 Å². The molecule has 3 aliphatic heterocycles. The smallest absolute Gasteiger partial charge is 0.131 e. The van der Waals surface area contributed by atoms with Crippen molar-refractivity contribution in [1.82, 2.24) is 21.3 Å². The second-order valence-corrected chi connectivity index (χ2v) is 14.8. The third-order valence-corrected chi connectivity index (χ3v) is 11.7. The van der Waals surface area contributed by atoms with E-state index in [1.165, 1.54) is 61.2 Å². The number of hydrogen-bond donors (Lipinski definition) is 5. The van der Waals surface area contributed by atoms with E-state index >= 15 is 0 Å². The Balaban J connectivity index is 0.941. The van der Waals surface area contributed by atoms with Gasteiger partial charge in [0.1, 0.15) is 11.5 Å². The summed E-state index contributed by atoms with van der Waals surface area (Å²) in [6.07, 6.45) is 7.71. The highest BCUT2D eigenvalue weighted by Crippen LogP contribution is 2.60. The maximum absolute atomic E-state index is 6.62. The van der Waals surface area contributed by atoms with E-state index in [1.54, 1.807) is 0 Å². The lowest BCUT2D eigenvalue weighted by Gasteiger charge is -2.44. The first-order chi connectivity index (χ1) is 27.7. The first-order valence-electron chi connectivity index (χ1n) is 19.4. The van der Waals surface area contributed by atoms with Gasteiger partial charge in [0.15, 0.2) is 0 Å². The Hall–Kier alpha value is -6.44. The summed E-state index contributed by atoms with van der Waals surface area (Å²) in [6.45, 7) is 2.12. The molecule has 1 aliphatic carbocycles. The molecule has 6 N–H and O–H groups in total. The van der Waals surface area contributed by atoms with E-state index in [-0.39, 0.29) is 12.3 Å². The third-order valence-electron chi connectivity index (χ3n) is 11.7. The maximum Gasteiger partial charge on any atom is 0.131 e. The second-order valence-electron chi connectivity index (χ2n) is 14.8. The Morgan fingerprint density at radius 1 is 0.571 bits per heavy atom. The zero-order chi connectivity index (χ0) is 37.5. The van der Waals surface area contributed by atoms with E-state index in [0.29, 0.717) is 6.54 Å². The van der Waals surface area contributed by atoms with Gasteiger partial charge in [0.2, 0.25) is 0 Å². The van der Waals surface area contributed by atoms with Crippen molar-refractivity contribution in [3.8, 4) is 33.4 Å². The number of hydrogen-bond acceptors (Lipinski definition) is 6. The van der Waals surface area contributed by atoms with E-state index in [2.05, 4.69) is 161 Å².